The van der Waals surface area contributed by atoms with Gasteiger partial charge in [0.2, 0.25) is 0 Å². The molecule has 0 saturated carbocycles. The van der Waals surface area contributed by atoms with Crippen molar-refractivity contribution < 1.29 is 9.90 Å². The standard InChI is InChI=1S/C9H17N3O2/c10-5-1-2-6-12-7-3-4-8(11)9(13)14/h1,8,10,12H,2-4,6-7,11H2,(H,13,14)/t8-/m0/s1. The van der Waals surface area contributed by atoms with Crippen LogP contribution in [0.15, 0.2) is 6.08 Å². The van der Waals surface area contributed by atoms with Gasteiger partial charge in [-0.15, -0.1) is 0 Å². The first-order chi connectivity index (χ1) is 6.68. The second-order valence-corrected chi connectivity index (χ2v) is 2.97. The van der Waals surface area contributed by atoms with Crippen molar-refractivity contribution in [2.45, 2.75) is 25.3 Å². The lowest BCUT2D eigenvalue weighted by Crippen LogP contribution is -2.31. The summed E-state index contributed by atoms with van der Waals surface area (Å²) in [6, 6.07) is -0.752. The van der Waals surface area contributed by atoms with Crippen LogP contribution in [0.25, 0.3) is 0 Å². The fraction of sp³-hybridized carbons (Fsp3) is 0.667. The van der Waals surface area contributed by atoms with Crippen LogP contribution in [0.4, 0.5) is 0 Å². The van der Waals surface area contributed by atoms with Gasteiger partial charge in [0.05, 0.1) is 0 Å². The Morgan fingerprint density at radius 2 is 2.36 bits per heavy atom. The molecule has 0 amide bonds. The first kappa shape index (κ1) is 12.8. The lowest BCUT2D eigenvalue weighted by atomic mass is 10.2. The zero-order valence-electron chi connectivity index (χ0n) is 8.12. The van der Waals surface area contributed by atoms with E-state index in [4.69, 9.17) is 16.2 Å². The Kier molecular flexibility index (Phi) is 7.74. The van der Waals surface area contributed by atoms with E-state index in [1.807, 2.05) is 0 Å². The molecule has 0 spiro atoms. The SMILES string of the molecule is N=C=CCCNCCC[C@H](N)C(=O)O. The van der Waals surface area contributed by atoms with Crippen molar-refractivity contribution >= 4 is 11.8 Å². The summed E-state index contributed by atoms with van der Waals surface area (Å²) < 4.78 is 0. The summed E-state index contributed by atoms with van der Waals surface area (Å²) in [6.07, 6.45) is 3.65. The number of carboxylic acid groups (broad SMARTS) is 1. The van der Waals surface area contributed by atoms with Crippen LogP contribution in [0.5, 0.6) is 0 Å². The molecule has 0 fully saturated rings. The van der Waals surface area contributed by atoms with Gasteiger partial charge in [-0.25, -0.2) is 0 Å². The number of hydrogen-bond acceptors (Lipinski definition) is 4. The van der Waals surface area contributed by atoms with Gasteiger partial charge < -0.3 is 16.2 Å². The average Bonchev–Trinajstić information content (AvgIpc) is 2.16. The van der Waals surface area contributed by atoms with Gasteiger partial charge in [-0.1, -0.05) is 0 Å². The Hall–Kier alpha value is -1.16. The third-order valence-electron chi connectivity index (χ3n) is 1.75. The Bertz CT molecular complexity index is 212. The van der Waals surface area contributed by atoms with E-state index in [2.05, 4.69) is 11.2 Å². The molecular formula is C9H17N3O2. The second kappa shape index (κ2) is 8.44. The number of carboxylic acids is 1. The molecule has 0 rings (SSSR count). The summed E-state index contributed by atoms with van der Waals surface area (Å²) in [5.74, 6) is 1.23. The molecule has 14 heavy (non-hydrogen) atoms. The van der Waals surface area contributed by atoms with E-state index < -0.39 is 12.0 Å². The number of carbonyl (C=O) groups is 1. The van der Waals surface area contributed by atoms with Crippen LogP contribution < -0.4 is 11.1 Å². The van der Waals surface area contributed by atoms with Crippen molar-refractivity contribution in [3.63, 3.8) is 0 Å². The molecule has 80 valence electrons. The van der Waals surface area contributed by atoms with Crippen molar-refractivity contribution in [1.82, 2.24) is 5.32 Å². The molecule has 0 unspecified atom stereocenters. The molecule has 0 radical (unpaired) electrons. The van der Waals surface area contributed by atoms with Crippen LogP contribution in [-0.2, 0) is 4.79 Å². The fourth-order valence-corrected chi connectivity index (χ4v) is 0.942. The van der Waals surface area contributed by atoms with Gasteiger partial charge in [-0.05, 0) is 44.3 Å². The van der Waals surface area contributed by atoms with Gasteiger partial charge in [-0.2, -0.15) is 0 Å². The van der Waals surface area contributed by atoms with Gasteiger partial charge in [-0.3, -0.25) is 10.2 Å². The Labute approximate surface area is 83.5 Å². The topological polar surface area (TPSA) is 99.2 Å². The summed E-state index contributed by atoms with van der Waals surface area (Å²) in [4.78, 5) is 10.3. The van der Waals surface area contributed by atoms with Crippen LogP contribution in [0, 0.1) is 5.41 Å². The van der Waals surface area contributed by atoms with E-state index in [0.717, 1.165) is 25.9 Å². The molecule has 0 aliphatic rings. The Morgan fingerprint density at radius 1 is 1.64 bits per heavy atom. The van der Waals surface area contributed by atoms with Crippen molar-refractivity contribution in [2.75, 3.05) is 13.1 Å². The van der Waals surface area contributed by atoms with Crippen molar-refractivity contribution in [2.24, 2.45) is 5.73 Å². The minimum Gasteiger partial charge on any atom is -0.480 e. The van der Waals surface area contributed by atoms with Gasteiger partial charge in [0.1, 0.15) is 6.04 Å². The summed E-state index contributed by atoms with van der Waals surface area (Å²) in [7, 11) is 0. The first-order valence-corrected chi connectivity index (χ1v) is 4.61. The molecule has 0 aliphatic heterocycles. The van der Waals surface area contributed by atoms with Gasteiger partial charge in [0.15, 0.2) is 0 Å². The zero-order chi connectivity index (χ0) is 10.8. The minimum atomic E-state index is -0.947. The molecule has 0 aromatic rings. The first-order valence-electron chi connectivity index (χ1n) is 4.61. The molecule has 0 heterocycles. The van der Waals surface area contributed by atoms with Crippen LogP contribution >= 0.6 is 0 Å². The number of nitrogens with one attached hydrogen (secondary N) is 2. The normalized spacial score (nSPS) is 11.8. The summed E-state index contributed by atoms with van der Waals surface area (Å²) in [6.45, 7) is 1.54. The predicted molar refractivity (Wildman–Crippen MR) is 54.6 cm³/mol. The summed E-state index contributed by atoms with van der Waals surface area (Å²) in [5, 5.41) is 18.2. The second-order valence-electron chi connectivity index (χ2n) is 2.97. The third-order valence-corrected chi connectivity index (χ3v) is 1.75. The van der Waals surface area contributed by atoms with Crippen LogP contribution in [0.1, 0.15) is 19.3 Å². The van der Waals surface area contributed by atoms with Crippen molar-refractivity contribution in [1.29, 1.82) is 5.41 Å². The number of nitrogens with two attached hydrogens (primary N) is 1. The molecule has 0 aliphatic carbocycles. The molecular weight excluding hydrogens is 182 g/mol. The quantitative estimate of drug-likeness (QED) is 0.325. The van der Waals surface area contributed by atoms with Crippen LogP contribution in [0.3, 0.4) is 0 Å². The van der Waals surface area contributed by atoms with E-state index >= 15 is 0 Å². The van der Waals surface area contributed by atoms with Gasteiger partial charge in [0.25, 0.3) is 0 Å². The molecule has 5 N–H and O–H groups in total. The monoisotopic (exact) mass is 199 g/mol. The van der Waals surface area contributed by atoms with Gasteiger partial charge >= 0.3 is 5.97 Å². The average molecular weight is 199 g/mol. The van der Waals surface area contributed by atoms with E-state index in [0.29, 0.717) is 6.42 Å². The van der Waals surface area contributed by atoms with Crippen molar-refractivity contribution in [3.8, 4) is 0 Å². The summed E-state index contributed by atoms with van der Waals surface area (Å²) >= 11 is 0. The maximum atomic E-state index is 10.3. The predicted octanol–water partition coefficient (Wildman–Crippen LogP) is -0.0371. The molecule has 0 saturated heterocycles. The highest BCUT2D eigenvalue weighted by atomic mass is 16.4. The highest BCUT2D eigenvalue weighted by Gasteiger charge is 2.09. The zero-order valence-corrected chi connectivity index (χ0v) is 8.12. The van der Waals surface area contributed by atoms with Crippen molar-refractivity contribution in [3.05, 3.63) is 6.08 Å². The molecule has 0 aromatic carbocycles. The van der Waals surface area contributed by atoms with Crippen LogP contribution in [-0.4, -0.2) is 36.1 Å². The molecule has 5 heteroatoms. The van der Waals surface area contributed by atoms with E-state index in [1.165, 1.54) is 0 Å². The van der Waals surface area contributed by atoms with Gasteiger partial charge in [0, 0.05) is 0 Å². The maximum absolute atomic E-state index is 10.3. The lowest BCUT2D eigenvalue weighted by Gasteiger charge is -2.06. The lowest BCUT2D eigenvalue weighted by molar-refractivity contribution is -0.138. The Balaban J connectivity index is 3.21. The molecule has 0 bridgehead atoms. The third kappa shape index (κ3) is 7.49. The number of hydrogen-bond donors (Lipinski definition) is 4. The molecule has 0 aromatic heterocycles. The van der Waals surface area contributed by atoms with E-state index in [9.17, 15) is 4.79 Å². The highest BCUT2D eigenvalue weighted by Crippen LogP contribution is 1.92. The number of aliphatic carboxylic acids is 1. The molecule has 5 nitrogen and oxygen atoms in total. The Morgan fingerprint density at radius 3 is 2.93 bits per heavy atom. The smallest absolute Gasteiger partial charge is 0.320 e. The van der Waals surface area contributed by atoms with E-state index in [1.54, 1.807) is 6.08 Å². The maximum Gasteiger partial charge on any atom is 0.320 e. The molecule has 1 atom stereocenters. The van der Waals surface area contributed by atoms with Crippen LogP contribution in [0.2, 0.25) is 0 Å². The van der Waals surface area contributed by atoms with E-state index in [-0.39, 0.29) is 0 Å². The highest BCUT2D eigenvalue weighted by molar-refractivity contribution is 5.72. The summed E-state index contributed by atoms with van der Waals surface area (Å²) in [5.41, 5.74) is 5.31. The number of rotatable bonds is 8. The largest absolute Gasteiger partial charge is 0.480 e. The fourth-order valence-electron chi connectivity index (χ4n) is 0.942. The minimum absolute atomic E-state index is 0.489.